The van der Waals surface area contributed by atoms with Crippen LogP contribution in [-0.4, -0.2) is 14.1 Å². The Kier molecular flexibility index (Phi) is 5.22. The summed E-state index contributed by atoms with van der Waals surface area (Å²) in [5, 5.41) is 26.0. The van der Waals surface area contributed by atoms with Gasteiger partial charge in [0.1, 0.15) is 6.07 Å². The number of anilines is 1. The third-order valence-electron chi connectivity index (χ3n) is 3.15. The van der Waals surface area contributed by atoms with Crippen LogP contribution in [0.5, 0.6) is 0 Å². The van der Waals surface area contributed by atoms with Crippen molar-refractivity contribution in [2.75, 3.05) is 19.0 Å². The Hall–Kier alpha value is -3.44. The largest absolute Gasteiger partial charge is 0.378 e. The molecule has 112 valence electrons. The highest BCUT2D eigenvalue weighted by atomic mass is 15.1. The Balaban J connectivity index is 2.13. The van der Waals surface area contributed by atoms with Gasteiger partial charge in [-0.3, -0.25) is 0 Å². The lowest BCUT2D eigenvalue weighted by Gasteiger charge is -2.11. The molecule has 0 amide bonds. The van der Waals surface area contributed by atoms with Crippen LogP contribution in [0.2, 0.25) is 0 Å². The van der Waals surface area contributed by atoms with E-state index in [1.807, 2.05) is 55.4 Å². The molecule has 0 radical (unpaired) electrons. The van der Waals surface area contributed by atoms with Crippen molar-refractivity contribution in [2.45, 2.75) is 0 Å². The molecule has 0 saturated heterocycles. The molecule has 5 nitrogen and oxygen atoms in total. The number of benzene rings is 2. The summed E-state index contributed by atoms with van der Waals surface area (Å²) in [6.45, 7) is 0. The van der Waals surface area contributed by atoms with Gasteiger partial charge < -0.3 is 4.90 Å². The zero-order chi connectivity index (χ0) is 16.7. The van der Waals surface area contributed by atoms with E-state index in [2.05, 4.69) is 10.2 Å². The molecule has 0 saturated carbocycles. The van der Waals surface area contributed by atoms with Gasteiger partial charge in [0.05, 0.1) is 23.0 Å². The zero-order valence-corrected chi connectivity index (χ0v) is 12.9. The van der Waals surface area contributed by atoms with Crippen LogP contribution in [0, 0.1) is 22.7 Å². The van der Waals surface area contributed by atoms with Crippen LogP contribution in [0.15, 0.2) is 64.8 Å². The van der Waals surface area contributed by atoms with Crippen molar-refractivity contribution < 1.29 is 0 Å². The van der Waals surface area contributed by atoms with Crippen LogP contribution in [-0.2, 0) is 0 Å². The predicted molar refractivity (Wildman–Crippen MR) is 90.6 cm³/mol. The van der Waals surface area contributed by atoms with Crippen LogP contribution in [0.4, 0.5) is 17.1 Å². The number of hydrogen-bond donors (Lipinski definition) is 0. The summed E-state index contributed by atoms with van der Waals surface area (Å²) in [7, 11) is 3.96. The summed E-state index contributed by atoms with van der Waals surface area (Å²) in [5.41, 5.74) is 3.56. The summed E-state index contributed by atoms with van der Waals surface area (Å²) in [4.78, 5) is 2.02. The SMILES string of the molecule is CN(C)c1ccc(/N=N/c2ccc(/C(C#N)=C/C#N)cc2)cc1. The molecule has 0 heterocycles. The second-order valence-electron chi connectivity index (χ2n) is 4.96. The van der Waals surface area contributed by atoms with Crippen LogP contribution in [0.1, 0.15) is 5.56 Å². The van der Waals surface area contributed by atoms with Gasteiger partial charge in [0.2, 0.25) is 0 Å². The van der Waals surface area contributed by atoms with Crippen LogP contribution >= 0.6 is 0 Å². The summed E-state index contributed by atoms with van der Waals surface area (Å²) >= 11 is 0. The zero-order valence-electron chi connectivity index (χ0n) is 12.9. The average molecular weight is 301 g/mol. The fraction of sp³-hybridized carbons (Fsp3) is 0.111. The molecule has 0 atom stereocenters. The number of allylic oxidation sites excluding steroid dienone is 2. The molecule has 0 N–H and O–H groups in total. The standard InChI is InChI=1S/C18H15N5/c1-23(2)18-9-7-17(8-10-18)22-21-16-5-3-14(4-6-16)15(13-20)11-12-19/h3-11H,1-2H3/b15-11+,22-21+. The first-order valence-electron chi connectivity index (χ1n) is 6.93. The Morgan fingerprint density at radius 1 is 0.913 bits per heavy atom. The Bertz CT molecular complexity index is 800. The minimum Gasteiger partial charge on any atom is -0.378 e. The van der Waals surface area contributed by atoms with Gasteiger partial charge in [-0.05, 0) is 42.0 Å². The van der Waals surface area contributed by atoms with Crippen LogP contribution < -0.4 is 4.90 Å². The molecule has 0 aliphatic carbocycles. The predicted octanol–water partition coefficient (Wildman–Crippen LogP) is 4.60. The highest BCUT2D eigenvalue weighted by Gasteiger charge is 2.00. The Morgan fingerprint density at radius 2 is 1.43 bits per heavy atom. The molecule has 0 bridgehead atoms. The highest BCUT2D eigenvalue weighted by Crippen LogP contribution is 2.23. The second kappa shape index (κ2) is 7.53. The van der Waals surface area contributed by atoms with Gasteiger partial charge in [-0.1, -0.05) is 12.1 Å². The maximum atomic E-state index is 8.98. The highest BCUT2D eigenvalue weighted by molar-refractivity contribution is 5.78. The summed E-state index contributed by atoms with van der Waals surface area (Å²) in [6.07, 6.45) is 1.23. The molecular formula is C18H15N5. The number of azo groups is 1. The summed E-state index contributed by atoms with van der Waals surface area (Å²) < 4.78 is 0. The first kappa shape index (κ1) is 15.9. The fourth-order valence-electron chi connectivity index (χ4n) is 1.89. The molecule has 0 aromatic heterocycles. The van der Waals surface area contributed by atoms with E-state index in [4.69, 9.17) is 10.5 Å². The van der Waals surface area contributed by atoms with Crippen molar-refractivity contribution in [2.24, 2.45) is 10.2 Å². The first-order chi connectivity index (χ1) is 11.1. The van der Waals surface area contributed by atoms with Gasteiger partial charge >= 0.3 is 0 Å². The molecule has 2 aromatic rings. The minimum atomic E-state index is 0.329. The average Bonchev–Trinajstić information content (AvgIpc) is 2.59. The lowest BCUT2D eigenvalue weighted by molar-refractivity contribution is 1.13. The van der Waals surface area contributed by atoms with Gasteiger partial charge in [-0.2, -0.15) is 20.8 Å². The Labute approximate surface area is 135 Å². The second-order valence-corrected chi connectivity index (χ2v) is 4.96. The summed E-state index contributed by atoms with van der Waals surface area (Å²) in [5.74, 6) is 0. The van der Waals surface area contributed by atoms with Crippen molar-refractivity contribution in [3.05, 3.63) is 60.2 Å². The molecule has 0 aliphatic rings. The lowest BCUT2D eigenvalue weighted by atomic mass is 10.1. The van der Waals surface area contributed by atoms with E-state index < -0.39 is 0 Å². The molecule has 0 fully saturated rings. The van der Waals surface area contributed by atoms with E-state index in [1.54, 1.807) is 24.3 Å². The fourth-order valence-corrected chi connectivity index (χ4v) is 1.89. The molecule has 5 heteroatoms. The van der Waals surface area contributed by atoms with Crippen LogP contribution in [0.3, 0.4) is 0 Å². The maximum absolute atomic E-state index is 8.98. The third kappa shape index (κ3) is 4.26. The molecule has 0 spiro atoms. The minimum absolute atomic E-state index is 0.329. The van der Waals surface area contributed by atoms with E-state index in [0.29, 0.717) is 16.8 Å². The van der Waals surface area contributed by atoms with Crippen molar-refractivity contribution in [1.82, 2.24) is 0 Å². The third-order valence-corrected chi connectivity index (χ3v) is 3.15. The van der Waals surface area contributed by atoms with Gasteiger partial charge in [0, 0.05) is 25.9 Å². The van der Waals surface area contributed by atoms with E-state index in [1.165, 1.54) is 6.08 Å². The molecule has 2 aromatic carbocycles. The molecule has 0 aliphatic heterocycles. The number of nitriles is 2. The van der Waals surface area contributed by atoms with Crippen molar-refractivity contribution in [3.8, 4) is 12.1 Å². The number of nitrogens with zero attached hydrogens (tertiary/aromatic N) is 5. The maximum Gasteiger partial charge on any atom is 0.101 e. The summed E-state index contributed by atoms with van der Waals surface area (Å²) in [6, 6.07) is 18.6. The topological polar surface area (TPSA) is 75.5 Å². The Morgan fingerprint density at radius 3 is 1.87 bits per heavy atom. The number of rotatable bonds is 4. The normalized spacial score (nSPS) is 11.0. The van der Waals surface area contributed by atoms with E-state index in [9.17, 15) is 0 Å². The van der Waals surface area contributed by atoms with Crippen molar-refractivity contribution >= 4 is 22.6 Å². The van der Waals surface area contributed by atoms with Gasteiger partial charge in [0.25, 0.3) is 0 Å². The molecule has 23 heavy (non-hydrogen) atoms. The van der Waals surface area contributed by atoms with Crippen molar-refractivity contribution in [3.63, 3.8) is 0 Å². The first-order valence-corrected chi connectivity index (χ1v) is 6.93. The molecule has 2 rings (SSSR count). The van der Waals surface area contributed by atoms with Gasteiger partial charge in [-0.25, -0.2) is 0 Å². The van der Waals surface area contributed by atoms with Crippen LogP contribution in [0.25, 0.3) is 5.57 Å². The quantitative estimate of drug-likeness (QED) is 0.611. The van der Waals surface area contributed by atoms with E-state index in [0.717, 1.165) is 11.4 Å². The lowest BCUT2D eigenvalue weighted by Crippen LogP contribution is -2.07. The van der Waals surface area contributed by atoms with Crippen molar-refractivity contribution in [1.29, 1.82) is 10.5 Å². The number of hydrogen-bond acceptors (Lipinski definition) is 5. The molecule has 0 unspecified atom stereocenters. The smallest absolute Gasteiger partial charge is 0.101 e. The molecular weight excluding hydrogens is 286 g/mol. The van der Waals surface area contributed by atoms with Gasteiger partial charge in [0.15, 0.2) is 0 Å². The monoisotopic (exact) mass is 301 g/mol. The van der Waals surface area contributed by atoms with Gasteiger partial charge in [-0.15, -0.1) is 0 Å². The van der Waals surface area contributed by atoms with E-state index in [-0.39, 0.29) is 0 Å². The van der Waals surface area contributed by atoms with E-state index >= 15 is 0 Å².